The predicted octanol–water partition coefficient (Wildman–Crippen LogP) is 3.38. The zero-order chi connectivity index (χ0) is 12.6. The molecule has 1 N–H and O–H groups in total. The van der Waals surface area contributed by atoms with Crippen molar-refractivity contribution >= 4 is 0 Å². The Kier molecular flexibility index (Phi) is 4.07. The third-order valence-electron chi connectivity index (χ3n) is 4.28. The third-order valence-corrected chi connectivity index (χ3v) is 4.28. The molecule has 0 aromatic heterocycles. The third kappa shape index (κ3) is 2.60. The van der Waals surface area contributed by atoms with Crippen LogP contribution < -0.4 is 0 Å². The molecule has 0 saturated carbocycles. The van der Waals surface area contributed by atoms with E-state index in [0.717, 1.165) is 19.3 Å². The Hall–Kier alpha value is -0.0800. The summed E-state index contributed by atoms with van der Waals surface area (Å²) >= 11 is 0. The average molecular weight is 228 g/mol. The van der Waals surface area contributed by atoms with Crippen LogP contribution in [0.4, 0.5) is 0 Å². The molecule has 1 aliphatic rings. The predicted molar refractivity (Wildman–Crippen MR) is 67.4 cm³/mol. The number of rotatable bonds is 3. The van der Waals surface area contributed by atoms with Gasteiger partial charge in [-0.15, -0.1) is 0 Å². The molecule has 0 aliphatic carbocycles. The summed E-state index contributed by atoms with van der Waals surface area (Å²) in [5, 5.41) is 10.6. The largest absolute Gasteiger partial charge is 0.389 e. The Morgan fingerprint density at radius 1 is 1.31 bits per heavy atom. The van der Waals surface area contributed by atoms with E-state index in [-0.39, 0.29) is 17.6 Å². The van der Waals surface area contributed by atoms with Gasteiger partial charge in [0.05, 0.1) is 17.8 Å². The number of ether oxygens (including phenoxy) is 1. The summed E-state index contributed by atoms with van der Waals surface area (Å²) in [7, 11) is 0. The van der Waals surface area contributed by atoms with E-state index in [4.69, 9.17) is 4.74 Å². The van der Waals surface area contributed by atoms with Crippen LogP contribution in [0.1, 0.15) is 60.8 Å². The van der Waals surface area contributed by atoms with E-state index < -0.39 is 5.60 Å². The van der Waals surface area contributed by atoms with Crippen molar-refractivity contribution in [2.75, 3.05) is 0 Å². The van der Waals surface area contributed by atoms with Crippen molar-refractivity contribution in [2.24, 2.45) is 11.3 Å². The summed E-state index contributed by atoms with van der Waals surface area (Å²) in [6.07, 6.45) is 3.16. The number of hydrogen-bond acceptors (Lipinski definition) is 2. The Morgan fingerprint density at radius 3 is 2.31 bits per heavy atom. The van der Waals surface area contributed by atoms with Crippen LogP contribution in [-0.4, -0.2) is 22.9 Å². The maximum absolute atomic E-state index is 10.6. The van der Waals surface area contributed by atoms with E-state index >= 15 is 0 Å². The zero-order valence-electron chi connectivity index (χ0n) is 11.7. The topological polar surface area (TPSA) is 29.5 Å². The van der Waals surface area contributed by atoms with Crippen LogP contribution in [0.25, 0.3) is 0 Å². The van der Waals surface area contributed by atoms with Crippen molar-refractivity contribution in [3.63, 3.8) is 0 Å². The highest BCUT2D eigenvalue weighted by atomic mass is 16.5. The molecule has 1 fully saturated rings. The Labute approximate surface area is 100 Å². The van der Waals surface area contributed by atoms with E-state index in [1.165, 1.54) is 0 Å². The quantitative estimate of drug-likeness (QED) is 0.802. The van der Waals surface area contributed by atoms with Crippen LogP contribution in [0.3, 0.4) is 0 Å². The molecular weight excluding hydrogens is 200 g/mol. The highest BCUT2D eigenvalue weighted by Crippen LogP contribution is 2.46. The lowest BCUT2D eigenvalue weighted by Crippen LogP contribution is -2.57. The standard InChI is InChI=1S/C14H28O2/c1-7-12-13(4,5)14(6,15)9-11(16-12)8-10(2)3/h10-12,15H,7-9H2,1-6H3. The van der Waals surface area contributed by atoms with Gasteiger partial charge in [-0.05, 0) is 25.7 Å². The second kappa shape index (κ2) is 4.66. The molecule has 1 aliphatic heterocycles. The monoisotopic (exact) mass is 228 g/mol. The van der Waals surface area contributed by atoms with Crippen LogP contribution in [0.15, 0.2) is 0 Å². The lowest BCUT2D eigenvalue weighted by molar-refractivity contribution is -0.221. The minimum atomic E-state index is -0.620. The van der Waals surface area contributed by atoms with E-state index in [1.807, 2.05) is 6.92 Å². The minimum absolute atomic E-state index is 0.158. The van der Waals surface area contributed by atoms with Crippen LogP contribution in [0, 0.1) is 11.3 Å². The molecule has 2 heteroatoms. The van der Waals surface area contributed by atoms with E-state index in [1.54, 1.807) is 0 Å². The van der Waals surface area contributed by atoms with Crippen molar-refractivity contribution in [3.05, 3.63) is 0 Å². The normalized spacial score (nSPS) is 39.0. The summed E-state index contributed by atoms with van der Waals surface area (Å²) in [6, 6.07) is 0. The fourth-order valence-corrected chi connectivity index (χ4v) is 2.77. The van der Waals surface area contributed by atoms with Gasteiger partial charge in [0.15, 0.2) is 0 Å². The van der Waals surface area contributed by atoms with Gasteiger partial charge in [-0.1, -0.05) is 34.6 Å². The van der Waals surface area contributed by atoms with Gasteiger partial charge in [-0.25, -0.2) is 0 Å². The molecule has 0 bridgehead atoms. The molecule has 0 amide bonds. The van der Waals surface area contributed by atoms with Crippen molar-refractivity contribution in [2.45, 2.75) is 78.6 Å². The van der Waals surface area contributed by atoms with Gasteiger partial charge in [0.2, 0.25) is 0 Å². The first-order valence-corrected chi connectivity index (χ1v) is 6.58. The highest BCUT2D eigenvalue weighted by molar-refractivity contribution is 5.00. The molecule has 1 heterocycles. The van der Waals surface area contributed by atoms with Crippen LogP contribution in [0.2, 0.25) is 0 Å². The highest BCUT2D eigenvalue weighted by Gasteiger charge is 2.50. The first kappa shape index (κ1) is 14.0. The van der Waals surface area contributed by atoms with Gasteiger partial charge in [-0.3, -0.25) is 0 Å². The van der Waals surface area contributed by atoms with Crippen LogP contribution >= 0.6 is 0 Å². The van der Waals surface area contributed by atoms with Gasteiger partial charge in [0.25, 0.3) is 0 Å². The Morgan fingerprint density at radius 2 is 1.88 bits per heavy atom. The second-order valence-corrected chi connectivity index (χ2v) is 6.48. The van der Waals surface area contributed by atoms with Crippen molar-refractivity contribution in [3.8, 4) is 0 Å². The van der Waals surface area contributed by atoms with E-state index in [9.17, 15) is 5.11 Å². The number of aliphatic hydroxyl groups is 1. The molecule has 0 aromatic carbocycles. The summed E-state index contributed by atoms with van der Waals surface area (Å²) < 4.78 is 6.14. The molecule has 1 saturated heterocycles. The van der Waals surface area contributed by atoms with Crippen LogP contribution in [0.5, 0.6) is 0 Å². The molecular formula is C14H28O2. The minimum Gasteiger partial charge on any atom is -0.389 e. The Balaban J connectivity index is 2.80. The summed E-state index contributed by atoms with van der Waals surface area (Å²) in [5.74, 6) is 0.625. The molecule has 0 radical (unpaired) electrons. The van der Waals surface area contributed by atoms with Gasteiger partial charge < -0.3 is 9.84 Å². The molecule has 1 rings (SSSR count). The molecule has 96 valence electrons. The zero-order valence-corrected chi connectivity index (χ0v) is 11.7. The van der Waals surface area contributed by atoms with Gasteiger partial charge >= 0.3 is 0 Å². The SMILES string of the molecule is CCC1OC(CC(C)C)CC(C)(O)C1(C)C. The lowest BCUT2D eigenvalue weighted by atomic mass is 9.66. The van der Waals surface area contributed by atoms with Gasteiger partial charge in [0.1, 0.15) is 0 Å². The summed E-state index contributed by atoms with van der Waals surface area (Å²) in [5.41, 5.74) is -0.777. The summed E-state index contributed by atoms with van der Waals surface area (Å²) in [6.45, 7) is 12.8. The Bertz CT molecular complexity index is 231. The molecule has 2 nitrogen and oxygen atoms in total. The maximum Gasteiger partial charge on any atom is 0.0719 e. The van der Waals surface area contributed by atoms with Crippen molar-refractivity contribution in [1.29, 1.82) is 0 Å². The maximum atomic E-state index is 10.6. The second-order valence-electron chi connectivity index (χ2n) is 6.48. The molecule has 3 unspecified atom stereocenters. The first-order chi connectivity index (χ1) is 7.20. The van der Waals surface area contributed by atoms with E-state index in [0.29, 0.717) is 5.92 Å². The average Bonchev–Trinajstić information content (AvgIpc) is 2.09. The van der Waals surface area contributed by atoms with Crippen LogP contribution in [-0.2, 0) is 4.74 Å². The van der Waals surface area contributed by atoms with Gasteiger partial charge in [-0.2, -0.15) is 0 Å². The van der Waals surface area contributed by atoms with Crippen molar-refractivity contribution < 1.29 is 9.84 Å². The lowest BCUT2D eigenvalue weighted by Gasteiger charge is -2.52. The summed E-state index contributed by atoms with van der Waals surface area (Å²) in [4.78, 5) is 0. The molecule has 3 atom stereocenters. The molecule has 16 heavy (non-hydrogen) atoms. The molecule has 0 aromatic rings. The smallest absolute Gasteiger partial charge is 0.0719 e. The number of hydrogen-bond donors (Lipinski definition) is 1. The van der Waals surface area contributed by atoms with Crippen molar-refractivity contribution in [1.82, 2.24) is 0 Å². The first-order valence-electron chi connectivity index (χ1n) is 6.58. The van der Waals surface area contributed by atoms with E-state index in [2.05, 4.69) is 34.6 Å². The fraction of sp³-hybridized carbons (Fsp3) is 1.00. The fourth-order valence-electron chi connectivity index (χ4n) is 2.77. The van der Waals surface area contributed by atoms with Gasteiger partial charge in [0, 0.05) is 11.8 Å². The molecule has 0 spiro atoms.